The van der Waals surface area contributed by atoms with Crippen LogP contribution < -0.4 is 14.8 Å². The molecule has 1 aliphatic rings. The third-order valence-corrected chi connectivity index (χ3v) is 6.94. The number of benzene rings is 1. The van der Waals surface area contributed by atoms with Crippen molar-refractivity contribution in [3.8, 4) is 11.5 Å². The molecular weight excluding hydrogens is 394 g/mol. The van der Waals surface area contributed by atoms with Gasteiger partial charge < -0.3 is 19.7 Å². The molecule has 0 bridgehead atoms. The van der Waals surface area contributed by atoms with Gasteiger partial charge in [-0.15, -0.1) is 0 Å². The van der Waals surface area contributed by atoms with E-state index in [0.717, 1.165) is 36.3 Å². The van der Waals surface area contributed by atoms with Crippen LogP contribution >= 0.6 is 0 Å². The lowest BCUT2D eigenvalue weighted by molar-refractivity contribution is -0.121. The van der Waals surface area contributed by atoms with Crippen molar-refractivity contribution in [2.24, 2.45) is 5.92 Å². The molecule has 2 rings (SSSR count). The fourth-order valence-corrected chi connectivity index (χ4v) is 4.66. The summed E-state index contributed by atoms with van der Waals surface area (Å²) in [5.41, 5.74) is 0. The van der Waals surface area contributed by atoms with Gasteiger partial charge in [-0.25, -0.2) is 8.42 Å². The molecule has 1 fully saturated rings. The third kappa shape index (κ3) is 6.58. The van der Waals surface area contributed by atoms with E-state index >= 15 is 0 Å². The predicted octanol–water partition coefficient (Wildman–Crippen LogP) is 1.56. The summed E-state index contributed by atoms with van der Waals surface area (Å²) in [4.78, 5) is 14.7. The number of piperidine rings is 1. The van der Waals surface area contributed by atoms with E-state index < -0.39 is 10.0 Å². The topological polar surface area (TPSA) is 88.2 Å². The molecule has 29 heavy (non-hydrogen) atoms. The number of nitrogens with one attached hydrogen (secondary N) is 1. The Hall–Kier alpha value is -1.84. The van der Waals surface area contributed by atoms with Crippen molar-refractivity contribution in [3.05, 3.63) is 18.2 Å². The Balaban J connectivity index is 1.83. The van der Waals surface area contributed by atoms with Crippen molar-refractivity contribution in [3.63, 3.8) is 0 Å². The Morgan fingerprint density at radius 2 is 2.00 bits per heavy atom. The van der Waals surface area contributed by atoms with Gasteiger partial charge in [-0.1, -0.05) is 6.92 Å². The van der Waals surface area contributed by atoms with Crippen molar-refractivity contribution in [1.82, 2.24) is 14.5 Å². The average molecular weight is 428 g/mol. The van der Waals surface area contributed by atoms with Gasteiger partial charge >= 0.3 is 0 Å². The van der Waals surface area contributed by atoms with Crippen molar-refractivity contribution < 1.29 is 22.7 Å². The van der Waals surface area contributed by atoms with Crippen LogP contribution in [-0.2, 0) is 14.8 Å². The molecule has 0 unspecified atom stereocenters. The monoisotopic (exact) mass is 427 g/mol. The van der Waals surface area contributed by atoms with E-state index in [9.17, 15) is 13.2 Å². The zero-order chi connectivity index (χ0) is 21.4. The molecule has 1 aliphatic heterocycles. The van der Waals surface area contributed by atoms with Gasteiger partial charge in [-0.05, 0) is 50.4 Å². The first-order valence-electron chi connectivity index (χ1n) is 9.95. The molecule has 1 aromatic carbocycles. The number of likely N-dealkylation sites (tertiary alicyclic amines) is 1. The first-order chi connectivity index (χ1) is 13.8. The molecule has 0 saturated carbocycles. The molecule has 0 aliphatic carbocycles. The number of rotatable bonds is 10. The summed E-state index contributed by atoms with van der Waals surface area (Å²) in [5, 5.41) is 2.81. The molecule has 0 radical (unpaired) electrons. The van der Waals surface area contributed by atoms with Gasteiger partial charge in [0.25, 0.3) is 0 Å². The number of hydrogen-bond acceptors (Lipinski definition) is 6. The molecule has 1 saturated heterocycles. The highest BCUT2D eigenvalue weighted by atomic mass is 32.2. The average Bonchev–Trinajstić information content (AvgIpc) is 2.70. The summed E-state index contributed by atoms with van der Waals surface area (Å²) in [6.45, 7) is 5.74. The maximum absolute atomic E-state index is 12.7. The van der Waals surface area contributed by atoms with Crippen LogP contribution in [0.5, 0.6) is 11.5 Å². The van der Waals surface area contributed by atoms with E-state index in [1.807, 2.05) is 0 Å². The molecule has 1 atom stereocenters. The molecule has 164 valence electrons. The number of hydrogen-bond donors (Lipinski definition) is 1. The van der Waals surface area contributed by atoms with Crippen molar-refractivity contribution in [2.45, 2.75) is 31.1 Å². The second-order valence-corrected chi connectivity index (χ2v) is 9.57. The van der Waals surface area contributed by atoms with Crippen LogP contribution in [-0.4, -0.2) is 77.5 Å². The molecular formula is C20H33N3O5S. The summed E-state index contributed by atoms with van der Waals surface area (Å²) in [6, 6.07) is 4.36. The van der Waals surface area contributed by atoms with Gasteiger partial charge in [0.1, 0.15) is 0 Å². The first-order valence-corrected chi connectivity index (χ1v) is 11.4. The van der Waals surface area contributed by atoms with E-state index in [2.05, 4.69) is 17.1 Å². The van der Waals surface area contributed by atoms with Crippen LogP contribution in [0.1, 0.15) is 26.2 Å². The standard InChI is InChI=1S/C20H33N3O5S/c1-16-7-5-11-23(14-16)12-6-10-21-20(24)15-22(2)29(25,26)17-8-9-18(27-3)19(13-17)28-4/h8-9,13,16H,5-7,10-12,14-15H2,1-4H3,(H,21,24)/t16-/m0/s1. The maximum Gasteiger partial charge on any atom is 0.243 e. The normalized spacial score (nSPS) is 17.9. The number of methoxy groups -OCH3 is 2. The largest absolute Gasteiger partial charge is 0.493 e. The highest BCUT2D eigenvalue weighted by Gasteiger charge is 2.24. The Bertz CT molecular complexity index is 784. The smallest absolute Gasteiger partial charge is 0.243 e. The fourth-order valence-electron chi connectivity index (χ4n) is 3.52. The van der Waals surface area contributed by atoms with Gasteiger partial charge in [0.2, 0.25) is 15.9 Å². The molecule has 1 N–H and O–H groups in total. The van der Waals surface area contributed by atoms with Crippen LogP contribution in [0.3, 0.4) is 0 Å². The lowest BCUT2D eigenvalue weighted by Gasteiger charge is -2.30. The highest BCUT2D eigenvalue weighted by Crippen LogP contribution is 2.30. The number of ether oxygens (including phenoxy) is 2. The minimum Gasteiger partial charge on any atom is -0.493 e. The summed E-state index contributed by atoms with van der Waals surface area (Å²) in [7, 11) is 0.494. The van der Waals surface area contributed by atoms with E-state index in [4.69, 9.17) is 9.47 Å². The molecule has 8 nitrogen and oxygen atoms in total. The molecule has 1 aromatic rings. The van der Waals surface area contributed by atoms with Gasteiger partial charge in [0, 0.05) is 26.2 Å². The first kappa shape index (κ1) is 23.4. The second-order valence-electron chi connectivity index (χ2n) is 7.53. The van der Waals surface area contributed by atoms with Gasteiger partial charge in [-0.2, -0.15) is 4.31 Å². The SMILES string of the molecule is COc1ccc(S(=O)(=O)N(C)CC(=O)NCCCN2CCC[C@H](C)C2)cc1OC. The number of sulfonamides is 1. The van der Waals surface area contributed by atoms with Crippen molar-refractivity contribution in [2.75, 3.05) is 54.0 Å². The van der Waals surface area contributed by atoms with Crippen LogP contribution in [0.25, 0.3) is 0 Å². The second kappa shape index (κ2) is 10.8. The number of carbonyl (C=O) groups is 1. The number of amides is 1. The van der Waals surface area contributed by atoms with E-state index in [1.165, 1.54) is 52.3 Å². The Morgan fingerprint density at radius 1 is 1.28 bits per heavy atom. The number of likely N-dealkylation sites (N-methyl/N-ethyl adjacent to an activating group) is 1. The van der Waals surface area contributed by atoms with Crippen LogP contribution in [0, 0.1) is 5.92 Å². The number of nitrogens with zero attached hydrogens (tertiary/aromatic N) is 2. The Kier molecular flexibility index (Phi) is 8.73. The highest BCUT2D eigenvalue weighted by molar-refractivity contribution is 7.89. The zero-order valence-electron chi connectivity index (χ0n) is 17.8. The van der Waals surface area contributed by atoms with Crippen LogP contribution in [0.4, 0.5) is 0 Å². The lowest BCUT2D eigenvalue weighted by atomic mass is 10.0. The van der Waals surface area contributed by atoms with Gasteiger partial charge in [0.05, 0.1) is 25.7 Å². The van der Waals surface area contributed by atoms with Crippen LogP contribution in [0.2, 0.25) is 0 Å². The fraction of sp³-hybridized carbons (Fsp3) is 0.650. The lowest BCUT2D eigenvalue weighted by Crippen LogP contribution is -2.40. The minimum absolute atomic E-state index is 0.0460. The maximum atomic E-state index is 12.7. The molecule has 1 heterocycles. The van der Waals surface area contributed by atoms with Gasteiger partial charge in [-0.3, -0.25) is 4.79 Å². The predicted molar refractivity (Wildman–Crippen MR) is 112 cm³/mol. The quantitative estimate of drug-likeness (QED) is 0.570. The summed E-state index contributed by atoms with van der Waals surface area (Å²) in [5.74, 6) is 1.17. The molecule has 9 heteroatoms. The summed E-state index contributed by atoms with van der Waals surface area (Å²) >= 11 is 0. The summed E-state index contributed by atoms with van der Waals surface area (Å²) in [6.07, 6.45) is 3.37. The van der Waals surface area contributed by atoms with E-state index in [0.29, 0.717) is 18.0 Å². The number of carbonyl (C=O) groups excluding carboxylic acids is 1. The van der Waals surface area contributed by atoms with E-state index in [-0.39, 0.29) is 17.3 Å². The minimum atomic E-state index is -3.82. The third-order valence-electron chi connectivity index (χ3n) is 5.14. The molecule has 0 spiro atoms. The Morgan fingerprint density at radius 3 is 2.66 bits per heavy atom. The van der Waals surface area contributed by atoms with Gasteiger partial charge in [0.15, 0.2) is 11.5 Å². The molecule has 1 amide bonds. The molecule has 0 aromatic heterocycles. The van der Waals surface area contributed by atoms with E-state index in [1.54, 1.807) is 0 Å². The Labute approximate surface area is 174 Å². The van der Waals surface area contributed by atoms with Crippen molar-refractivity contribution >= 4 is 15.9 Å². The van der Waals surface area contributed by atoms with Crippen LogP contribution in [0.15, 0.2) is 23.1 Å². The van der Waals surface area contributed by atoms with Crippen molar-refractivity contribution in [1.29, 1.82) is 0 Å². The zero-order valence-corrected chi connectivity index (χ0v) is 18.6. The summed E-state index contributed by atoms with van der Waals surface area (Å²) < 4.78 is 36.8.